The molecule has 1 atom stereocenters. The van der Waals surface area contributed by atoms with Gasteiger partial charge in [-0.25, -0.2) is 4.68 Å². The summed E-state index contributed by atoms with van der Waals surface area (Å²) in [5.74, 6) is -0.722. The highest BCUT2D eigenvalue weighted by molar-refractivity contribution is 7.90. The van der Waals surface area contributed by atoms with Gasteiger partial charge in [-0.05, 0) is 49.6 Å². The van der Waals surface area contributed by atoms with Crippen LogP contribution in [0.25, 0.3) is 10.9 Å². The lowest BCUT2D eigenvalue weighted by atomic mass is 9.94. The smallest absolute Gasteiger partial charge is 0.286 e. The van der Waals surface area contributed by atoms with Crippen LogP contribution in [0.1, 0.15) is 24.8 Å². The number of aromatic nitrogens is 1. The maximum Gasteiger partial charge on any atom is 0.286 e. The van der Waals surface area contributed by atoms with Crippen LogP contribution in [0, 0.1) is 0 Å². The number of hydrogen-bond donors (Lipinski definition) is 4. The van der Waals surface area contributed by atoms with Gasteiger partial charge in [0, 0.05) is 28.4 Å². The molecule has 0 radical (unpaired) electrons. The van der Waals surface area contributed by atoms with Gasteiger partial charge in [0.05, 0.1) is 11.2 Å². The highest BCUT2D eigenvalue weighted by Gasteiger charge is 2.31. The SMILES string of the molecule is O=c1c(C2=NS(=O)(=O)c3cc(NS(=O)[O-])ccc3N2)c(O)c2ccccc2n1NC1CCC1. The molecule has 1 aromatic heterocycles. The van der Waals surface area contributed by atoms with Gasteiger partial charge in [-0.2, -0.15) is 8.42 Å². The van der Waals surface area contributed by atoms with Crippen molar-refractivity contribution < 1.29 is 22.3 Å². The zero-order valence-electron chi connectivity index (χ0n) is 16.9. The fourth-order valence-electron chi connectivity index (χ4n) is 3.81. The molecule has 5 rings (SSSR count). The van der Waals surface area contributed by atoms with Crippen molar-refractivity contribution in [3.8, 4) is 5.75 Å². The van der Waals surface area contributed by atoms with Gasteiger partial charge in [0.25, 0.3) is 15.6 Å². The molecular weight excluding hydrogens is 470 g/mol. The molecule has 172 valence electrons. The molecule has 2 heterocycles. The van der Waals surface area contributed by atoms with Crippen molar-refractivity contribution in [2.45, 2.75) is 30.2 Å². The number of aromatic hydroxyl groups is 1. The van der Waals surface area contributed by atoms with Crippen LogP contribution in [-0.2, 0) is 21.3 Å². The van der Waals surface area contributed by atoms with E-state index in [1.54, 1.807) is 24.3 Å². The molecule has 13 heteroatoms. The summed E-state index contributed by atoms with van der Waals surface area (Å²) < 4.78 is 54.6. The van der Waals surface area contributed by atoms with Crippen LogP contribution in [0.5, 0.6) is 5.75 Å². The molecule has 1 saturated carbocycles. The Hall–Kier alpha value is -3.42. The lowest BCUT2D eigenvalue weighted by Crippen LogP contribution is -2.42. The molecular formula is C20H18N5O6S2-. The Morgan fingerprint density at radius 1 is 1.21 bits per heavy atom. The standard InChI is InChI=1S/C20H19N5O6S2/c26-18-13-6-1-2-7-15(13)25(22-11-4-3-5-11)20(27)17(18)19-21-14-9-8-12(23-32(28)29)10-16(14)33(30,31)24-19/h1-2,6-11,22-23,26H,3-5H2,(H,21,24)(H,28,29)/p-1. The third kappa shape index (κ3) is 3.73. The summed E-state index contributed by atoms with van der Waals surface area (Å²) in [7, 11) is -4.31. The van der Waals surface area contributed by atoms with Crippen LogP contribution in [0.15, 0.2) is 56.6 Å². The van der Waals surface area contributed by atoms with E-state index in [4.69, 9.17) is 0 Å². The molecule has 33 heavy (non-hydrogen) atoms. The minimum atomic E-state index is -4.31. The zero-order valence-corrected chi connectivity index (χ0v) is 18.6. The maximum absolute atomic E-state index is 13.4. The van der Waals surface area contributed by atoms with Crippen molar-refractivity contribution in [1.29, 1.82) is 0 Å². The monoisotopic (exact) mass is 488 g/mol. The first-order chi connectivity index (χ1) is 15.7. The Labute approximate surface area is 190 Å². The van der Waals surface area contributed by atoms with Crippen LogP contribution in [0.2, 0.25) is 0 Å². The minimum absolute atomic E-state index is 0.0340. The van der Waals surface area contributed by atoms with Gasteiger partial charge < -0.3 is 25.1 Å². The first-order valence-electron chi connectivity index (χ1n) is 10.0. The van der Waals surface area contributed by atoms with Gasteiger partial charge in [-0.1, -0.05) is 12.1 Å². The molecule has 0 saturated heterocycles. The number of fused-ring (bicyclic) bond motifs is 2. The van der Waals surface area contributed by atoms with Crippen molar-refractivity contribution >= 4 is 49.4 Å². The van der Waals surface area contributed by atoms with Crippen LogP contribution < -0.4 is 21.0 Å². The number of pyridine rings is 1. The summed E-state index contributed by atoms with van der Waals surface area (Å²) >= 11 is -2.64. The van der Waals surface area contributed by atoms with Crippen LogP contribution in [-0.4, -0.2) is 38.8 Å². The Kier molecular flexibility index (Phi) is 5.11. The molecule has 4 N–H and O–H groups in total. The van der Waals surface area contributed by atoms with E-state index in [2.05, 4.69) is 19.9 Å². The summed E-state index contributed by atoms with van der Waals surface area (Å²) in [5.41, 5.74) is 2.79. The van der Waals surface area contributed by atoms with E-state index in [0.29, 0.717) is 10.9 Å². The lowest BCUT2D eigenvalue weighted by molar-refractivity contribution is 0.414. The van der Waals surface area contributed by atoms with Crippen LogP contribution in [0.4, 0.5) is 11.4 Å². The Morgan fingerprint density at radius 3 is 2.67 bits per heavy atom. The molecule has 1 aliphatic carbocycles. The third-order valence-electron chi connectivity index (χ3n) is 5.63. The van der Waals surface area contributed by atoms with Gasteiger partial charge in [0.2, 0.25) is 0 Å². The first kappa shape index (κ1) is 21.4. The summed E-state index contributed by atoms with van der Waals surface area (Å²) in [6, 6.07) is 10.6. The Balaban J connectivity index is 1.67. The predicted molar refractivity (Wildman–Crippen MR) is 123 cm³/mol. The highest BCUT2D eigenvalue weighted by atomic mass is 32.2. The molecule has 0 amide bonds. The first-order valence-corrected chi connectivity index (χ1v) is 12.5. The molecule has 0 bridgehead atoms. The Morgan fingerprint density at radius 2 is 1.97 bits per heavy atom. The van der Waals surface area contributed by atoms with E-state index >= 15 is 0 Å². The molecule has 0 spiro atoms. The van der Waals surface area contributed by atoms with Gasteiger partial charge in [-0.3, -0.25) is 9.00 Å². The average Bonchev–Trinajstić information content (AvgIpc) is 2.72. The van der Waals surface area contributed by atoms with E-state index in [0.717, 1.165) is 25.3 Å². The molecule has 2 aliphatic rings. The normalized spacial score (nSPS) is 17.9. The molecule has 1 unspecified atom stereocenters. The summed E-state index contributed by atoms with van der Waals surface area (Å²) in [4.78, 5) is 13.2. The van der Waals surface area contributed by atoms with Crippen LogP contribution >= 0.6 is 0 Å². The largest absolute Gasteiger partial charge is 0.755 e. The van der Waals surface area contributed by atoms with Crippen molar-refractivity contribution in [3.63, 3.8) is 0 Å². The van der Waals surface area contributed by atoms with Crippen molar-refractivity contribution in [2.75, 3.05) is 15.5 Å². The van der Waals surface area contributed by atoms with Gasteiger partial charge in [-0.15, -0.1) is 4.40 Å². The number of amidine groups is 1. The van der Waals surface area contributed by atoms with Gasteiger partial charge in [0.1, 0.15) is 16.2 Å². The van der Waals surface area contributed by atoms with E-state index < -0.39 is 32.6 Å². The van der Waals surface area contributed by atoms with Gasteiger partial charge >= 0.3 is 0 Å². The number of nitrogens with one attached hydrogen (secondary N) is 3. The predicted octanol–water partition coefficient (Wildman–Crippen LogP) is 1.57. The zero-order chi connectivity index (χ0) is 23.3. The quantitative estimate of drug-likeness (QED) is 0.393. The minimum Gasteiger partial charge on any atom is -0.755 e. The van der Waals surface area contributed by atoms with E-state index in [9.17, 15) is 27.1 Å². The average molecular weight is 489 g/mol. The van der Waals surface area contributed by atoms with Crippen molar-refractivity contribution in [2.24, 2.45) is 4.40 Å². The molecule has 11 nitrogen and oxygen atoms in total. The second-order valence-electron chi connectivity index (χ2n) is 7.73. The van der Waals surface area contributed by atoms with E-state index in [-0.39, 0.29) is 33.7 Å². The number of benzene rings is 2. The lowest BCUT2D eigenvalue weighted by Gasteiger charge is -2.29. The van der Waals surface area contributed by atoms with Crippen molar-refractivity contribution in [1.82, 2.24) is 4.68 Å². The number of sulfonamides is 1. The summed E-state index contributed by atoms with van der Waals surface area (Å²) in [6.07, 6.45) is 2.82. The maximum atomic E-state index is 13.4. The van der Waals surface area contributed by atoms with E-state index in [1.807, 2.05) is 0 Å². The number of nitrogens with zero attached hydrogens (tertiary/aromatic N) is 2. The van der Waals surface area contributed by atoms with Gasteiger partial charge in [0.15, 0.2) is 5.84 Å². The van der Waals surface area contributed by atoms with Crippen LogP contribution in [0.3, 0.4) is 0 Å². The molecule has 3 aromatic rings. The molecule has 1 fully saturated rings. The molecule has 2 aromatic carbocycles. The fraction of sp³-hybridized carbons (Fsp3) is 0.200. The number of para-hydroxylation sites is 1. The van der Waals surface area contributed by atoms with E-state index in [1.165, 1.54) is 16.8 Å². The summed E-state index contributed by atoms with van der Waals surface area (Å²) in [5, 5.41) is 14.1. The summed E-state index contributed by atoms with van der Waals surface area (Å²) in [6.45, 7) is 0. The number of anilines is 2. The highest BCUT2D eigenvalue weighted by Crippen LogP contribution is 2.34. The number of rotatable bonds is 5. The second kappa shape index (κ2) is 7.86. The Bertz CT molecular complexity index is 1510. The number of hydrogen-bond acceptors (Lipinski definition) is 8. The van der Waals surface area contributed by atoms with Crippen molar-refractivity contribution in [3.05, 3.63) is 58.4 Å². The topological polar surface area (TPSA) is 165 Å². The third-order valence-corrected chi connectivity index (χ3v) is 7.35. The molecule has 1 aliphatic heterocycles. The fourth-order valence-corrected chi connectivity index (χ4v) is 5.28. The second-order valence-corrected chi connectivity index (χ2v) is 9.97.